The Balaban J connectivity index is 1.65. The molecule has 180 valence electrons. The molecule has 2 atom stereocenters. The van der Waals surface area contributed by atoms with Crippen molar-refractivity contribution in [3.05, 3.63) is 146 Å². The lowest BCUT2D eigenvalue weighted by Gasteiger charge is -2.47. The summed E-state index contributed by atoms with van der Waals surface area (Å²) in [7, 11) is -4.41. The molecular formula is C34H36Si2. The van der Waals surface area contributed by atoms with Crippen LogP contribution in [-0.4, -0.2) is 16.1 Å². The topological polar surface area (TPSA) is 0 Å². The van der Waals surface area contributed by atoms with E-state index in [9.17, 15) is 0 Å². The summed E-state index contributed by atoms with van der Waals surface area (Å²) in [5.74, 6) is 0. The smallest absolute Gasteiger partial charge is 0.106 e. The van der Waals surface area contributed by atoms with Crippen molar-refractivity contribution < 1.29 is 0 Å². The molecule has 0 bridgehead atoms. The summed E-state index contributed by atoms with van der Waals surface area (Å²) in [6, 6.07) is 45.1. The van der Waals surface area contributed by atoms with Gasteiger partial charge in [0.15, 0.2) is 0 Å². The molecule has 0 amide bonds. The fourth-order valence-electron chi connectivity index (χ4n) is 6.95. The van der Waals surface area contributed by atoms with Crippen molar-refractivity contribution in [1.82, 2.24) is 0 Å². The zero-order valence-corrected chi connectivity index (χ0v) is 23.1. The van der Waals surface area contributed by atoms with Gasteiger partial charge in [-0.25, -0.2) is 0 Å². The molecule has 0 N–H and O–H groups in total. The molecule has 2 unspecified atom stereocenters. The lowest BCUT2D eigenvalue weighted by molar-refractivity contribution is 0.489. The average molecular weight is 501 g/mol. The molecule has 1 saturated carbocycles. The van der Waals surface area contributed by atoms with Crippen LogP contribution in [-0.2, 0) is 0 Å². The van der Waals surface area contributed by atoms with Gasteiger partial charge >= 0.3 is 0 Å². The Morgan fingerprint density at radius 3 is 1.00 bits per heavy atom. The van der Waals surface area contributed by atoms with Gasteiger partial charge in [-0.2, -0.15) is 0 Å². The SMILES string of the molecule is C=C[Si](c1ccccc1)(c1ccccc1)C1CCCC([Si](C=C)(c2ccccc2)c2ccccc2)C1. The molecule has 0 nitrogen and oxygen atoms in total. The molecule has 1 aliphatic rings. The van der Waals surface area contributed by atoms with Crippen LogP contribution in [0.15, 0.2) is 146 Å². The quantitative estimate of drug-likeness (QED) is 0.250. The number of rotatable bonds is 8. The monoisotopic (exact) mass is 500 g/mol. The molecule has 0 spiro atoms. The molecule has 1 fully saturated rings. The van der Waals surface area contributed by atoms with Gasteiger partial charge in [-0.3, -0.25) is 0 Å². The van der Waals surface area contributed by atoms with E-state index in [0.29, 0.717) is 11.1 Å². The zero-order chi connectivity index (χ0) is 24.8. The van der Waals surface area contributed by atoms with Gasteiger partial charge in [0.25, 0.3) is 0 Å². The van der Waals surface area contributed by atoms with Crippen molar-refractivity contribution in [2.45, 2.75) is 36.8 Å². The van der Waals surface area contributed by atoms with Crippen LogP contribution in [0.4, 0.5) is 0 Å². The fourth-order valence-corrected chi connectivity index (χ4v) is 17.0. The summed E-state index contributed by atoms with van der Waals surface area (Å²) in [4.78, 5) is 0. The highest BCUT2D eigenvalue weighted by Crippen LogP contribution is 2.47. The Morgan fingerprint density at radius 1 is 0.472 bits per heavy atom. The van der Waals surface area contributed by atoms with E-state index in [1.807, 2.05) is 0 Å². The minimum Gasteiger partial charge on any atom is -0.106 e. The lowest BCUT2D eigenvalue weighted by atomic mass is 9.99. The average Bonchev–Trinajstić information content (AvgIpc) is 2.97. The van der Waals surface area contributed by atoms with Crippen molar-refractivity contribution in [2.75, 3.05) is 0 Å². The van der Waals surface area contributed by atoms with Gasteiger partial charge in [0.1, 0.15) is 16.1 Å². The van der Waals surface area contributed by atoms with Crippen LogP contribution < -0.4 is 20.7 Å². The molecule has 0 radical (unpaired) electrons. The Morgan fingerprint density at radius 2 is 0.750 bits per heavy atom. The third kappa shape index (κ3) is 4.19. The zero-order valence-electron chi connectivity index (χ0n) is 21.1. The van der Waals surface area contributed by atoms with Gasteiger partial charge < -0.3 is 0 Å². The summed E-state index contributed by atoms with van der Waals surface area (Å²) in [5, 5.41) is 5.95. The lowest BCUT2D eigenvalue weighted by Crippen LogP contribution is -2.64. The summed E-state index contributed by atoms with van der Waals surface area (Å²) in [5.41, 5.74) is 5.98. The second-order valence-corrected chi connectivity index (χ2v) is 18.4. The van der Waals surface area contributed by atoms with Crippen molar-refractivity contribution in [3.8, 4) is 0 Å². The largest absolute Gasteiger partial charge is 0.143 e. The van der Waals surface area contributed by atoms with E-state index in [1.165, 1.54) is 46.4 Å². The predicted molar refractivity (Wildman–Crippen MR) is 162 cm³/mol. The van der Waals surface area contributed by atoms with E-state index >= 15 is 0 Å². The van der Waals surface area contributed by atoms with E-state index in [-0.39, 0.29) is 0 Å². The number of benzene rings is 4. The van der Waals surface area contributed by atoms with E-state index < -0.39 is 16.1 Å². The highest BCUT2D eigenvalue weighted by atomic mass is 28.3. The molecule has 0 aromatic heterocycles. The molecule has 36 heavy (non-hydrogen) atoms. The first-order valence-corrected chi connectivity index (χ1v) is 17.6. The van der Waals surface area contributed by atoms with Crippen LogP contribution in [0.25, 0.3) is 0 Å². The molecule has 0 aliphatic heterocycles. The minimum absolute atomic E-state index is 0.609. The summed E-state index contributed by atoms with van der Waals surface area (Å²) >= 11 is 0. The molecule has 5 rings (SSSR count). The molecular weight excluding hydrogens is 465 g/mol. The van der Waals surface area contributed by atoms with Crippen LogP contribution in [0.3, 0.4) is 0 Å². The predicted octanol–water partition coefficient (Wildman–Crippen LogP) is 6.28. The second kappa shape index (κ2) is 10.8. The summed E-state index contributed by atoms with van der Waals surface area (Å²) in [6.45, 7) is 9.08. The van der Waals surface area contributed by atoms with Gasteiger partial charge in [-0.05, 0) is 31.8 Å². The van der Waals surface area contributed by atoms with Crippen molar-refractivity contribution >= 4 is 36.9 Å². The van der Waals surface area contributed by atoms with Gasteiger partial charge in [-0.1, -0.05) is 158 Å². The van der Waals surface area contributed by atoms with Gasteiger partial charge in [0, 0.05) is 0 Å². The van der Waals surface area contributed by atoms with Crippen molar-refractivity contribution in [2.24, 2.45) is 0 Å². The molecule has 2 heteroatoms. The van der Waals surface area contributed by atoms with E-state index in [4.69, 9.17) is 0 Å². The van der Waals surface area contributed by atoms with E-state index in [2.05, 4.69) is 146 Å². The van der Waals surface area contributed by atoms with Crippen LogP contribution in [0.1, 0.15) is 25.7 Å². The van der Waals surface area contributed by atoms with Gasteiger partial charge in [0.05, 0.1) is 0 Å². The first-order chi connectivity index (χ1) is 17.8. The van der Waals surface area contributed by atoms with Crippen LogP contribution in [0.5, 0.6) is 0 Å². The summed E-state index contributed by atoms with van der Waals surface area (Å²) in [6.07, 6.45) is 5.03. The van der Waals surface area contributed by atoms with Gasteiger partial charge in [0.2, 0.25) is 0 Å². The maximum absolute atomic E-state index is 4.54. The fraction of sp³-hybridized carbons (Fsp3) is 0.176. The Hall–Kier alpha value is -3.21. The highest BCUT2D eigenvalue weighted by Gasteiger charge is 2.49. The standard InChI is InChI=1S/C34H36Si2/c1-3-35(29-18-9-5-10-19-29,30-20-11-6-12-21-30)33-26-17-27-34(28-33)36(4-2,31-22-13-7-14-23-31)32-24-15-8-16-25-32/h3-16,18-25,33-34H,1-2,17,26-28H2. The van der Waals surface area contributed by atoms with Crippen LogP contribution in [0, 0.1) is 0 Å². The van der Waals surface area contributed by atoms with Crippen molar-refractivity contribution in [1.29, 1.82) is 0 Å². The van der Waals surface area contributed by atoms with E-state index in [0.717, 1.165) is 0 Å². The maximum Gasteiger partial charge on any atom is 0.143 e. The Labute approximate surface area is 219 Å². The van der Waals surface area contributed by atoms with Crippen molar-refractivity contribution in [3.63, 3.8) is 0 Å². The third-order valence-electron chi connectivity index (χ3n) is 8.61. The number of hydrogen-bond donors (Lipinski definition) is 0. The first kappa shape index (κ1) is 24.5. The normalized spacial score (nSPS) is 18.3. The maximum atomic E-state index is 4.54. The van der Waals surface area contributed by atoms with Crippen LogP contribution in [0.2, 0.25) is 11.1 Å². The Kier molecular flexibility index (Phi) is 7.36. The molecule has 0 saturated heterocycles. The highest BCUT2D eigenvalue weighted by molar-refractivity contribution is 7.08. The molecule has 4 aromatic carbocycles. The molecule has 1 aliphatic carbocycles. The second-order valence-electron chi connectivity index (χ2n) is 10.2. The van der Waals surface area contributed by atoms with Gasteiger partial charge in [-0.15, -0.1) is 13.2 Å². The third-order valence-corrected chi connectivity index (χ3v) is 18.7. The minimum atomic E-state index is -2.20. The Bertz CT molecular complexity index is 1090. The first-order valence-electron chi connectivity index (χ1n) is 13.2. The van der Waals surface area contributed by atoms with Crippen LogP contribution >= 0.6 is 0 Å². The number of hydrogen-bond acceptors (Lipinski definition) is 0. The molecule has 0 heterocycles. The van der Waals surface area contributed by atoms with E-state index in [1.54, 1.807) is 0 Å². The molecule has 4 aromatic rings. The summed E-state index contributed by atoms with van der Waals surface area (Å²) < 4.78 is 0.